The number of nitrogens with zero attached hydrogens (tertiary/aromatic N) is 1. The normalized spacial score (nSPS) is 10.8. The van der Waals surface area contributed by atoms with Crippen LogP contribution < -0.4 is 5.48 Å². The third-order valence-electron chi connectivity index (χ3n) is 4.70. The molecule has 2 N–H and O–H groups in total. The molecular formula is C23H26N2O3. The zero-order valence-electron chi connectivity index (χ0n) is 16.1. The lowest BCUT2D eigenvalue weighted by molar-refractivity contribution is -0.129. The molecule has 0 spiro atoms. The van der Waals surface area contributed by atoms with Gasteiger partial charge in [0.25, 0.3) is 0 Å². The molecule has 0 aliphatic carbocycles. The molecule has 5 heteroatoms. The van der Waals surface area contributed by atoms with E-state index in [1.807, 2.05) is 30.3 Å². The molecule has 0 saturated heterocycles. The molecule has 0 bridgehead atoms. The number of hydroxylamine groups is 1. The monoisotopic (exact) mass is 378 g/mol. The van der Waals surface area contributed by atoms with Crippen LogP contribution in [0.3, 0.4) is 0 Å². The number of amides is 1. The van der Waals surface area contributed by atoms with Gasteiger partial charge in [0, 0.05) is 24.0 Å². The first-order valence-corrected chi connectivity index (χ1v) is 9.72. The van der Waals surface area contributed by atoms with Crippen molar-refractivity contribution in [2.45, 2.75) is 45.4 Å². The van der Waals surface area contributed by atoms with E-state index in [1.165, 1.54) is 5.56 Å². The lowest BCUT2D eigenvalue weighted by atomic mass is 10.0. The summed E-state index contributed by atoms with van der Waals surface area (Å²) in [6, 6.07) is 18.4. The first kappa shape index (κ1) is 19.8. The number of hydrogen-bond donors (Lipinski definition) is 2. The van der Waals surface area contributed by atoms with Gasteiger partial charge in [-0.15, -0.1) is 0 Å². The van der Waals surface area contributed by atoms with E-state index in [0.717, 1.165) is 60.6 Å². The molecule has 2 aromatic carbocycles. The number of hydrogen-bond acceptors (Lipinski definition) is 4. The van der Waals surface area contributed by atoms with Gasteiger partial charge < -0.3 is 4.42 Å². The van der Waals surface area contributed by atoms with E-state index in [1.54, 1.807) is 5.48 Å². The number of oxazole rings is 1. The van der Waals surface area contributed by atoms with Crippen molar-refractivity contribution >= 4 is 5.91 Å². The number of carbonyl (C=O) groups excluding carboxylic acids is 1. The summed E-state index contributed by atoms with van der Waals surface area (Å²) in [6.45, 7) is 2.07. The second-order valence-electron chi connectivity index (χ2n) is 6.97. The average molecular weight is 378 g/mol. The first-order chi connectivity index (χ1) is 13.7. The van der Waals surface area contributed by atoms with Gasteiger partial charge in [-0.2, -0.15) is 0 Å². The van der Waals surface area contributed by atoms with Crippen molar-refractivity contribution < 1.29 is 14.4 Å². The van der Waals surface area contributed by atoms with Crippen molar-refractivity contribution in [3.63, 3.8) is 0 Å². The molecule has 5 nitrogen and oxygen atoms in total. The molecule has 3 rings (SSSR count). The summed E-state index contributed by atoms with van der Waals surface area (Å²) in [7, 11) is 0. The van der Waals surface area contributed by atoms with Gasteiger partial charge in [-0.1, -0.05) is 73.0 Å². The van der Waals surface area contributed by atoms with Crippen molar-refractivity contribution in [2.75, 3.05) is 0 Å². The number of unbranched alkanes of at least 4 members (excludes halogenated alkanes) is 3. The van der Waals surface area contributed by atoms with Gasteiger partial charge in [-0.05, 0) is 19.8 Å². The van der Waals surface area contributed by atoms with E-state index in [0.29, 0.717) is 6.42 Å². The van der Waals surface area contributed by atoms with Crippen LogP contribution in [0.2, 0.25) is 0 Å². The van der Waals surface area contributed by atoms with Crippen LogP contribution in [0, 0.1) is 6.92 Å². The zero-order valence-corrected chi connectivity index (χ0v) is 16.1. The van der Waals surface area contributed by atoms with Crippen LogP contribution in [0.15, 0.2) is 59.0 Å². The predicted molar refractivity (Wildman–Crippen MR) is 109 cm³/mol. The molecular weight excluding hydrogens is 352 g/mol. The standard InChI is InChI=1S/C23H26N2O3/c1-17-13-15-19(16-14-17)23-22(18-9-5-4-6-10-18)24-21(28-23)12-8-3-2-7-11-20(26)25-27/h4-6,9-10,13-16,27H,2-3,7-8,11-12H2,1H3,(H,25,26). The van der Waals surface area contributed by atoms with Crippen molar-refractivity contribution in [3.8, 4) is 22.6 Å². The molecule has 1 heterocycles. The Bertz CT molecular complexity index is 886. The minimum absolute atomic E-state index is 0.331. The Morgan fingerprint density at radius 3 is 2.39 bits per heavy atom. The third kappa shape index (κ3) is 5.30. The van der Waals surface area contributed by atoms with Crippen LogP contribution in [0.4, 0.5) is 0 Å². The van der Waals surface area contributed by atoms with Gasteiger partial charge in [0.2, 0.25) is 5.91 Å². The van der Waals surface area contributed by atoms with E-state index in [4.69, 9.17) is 14.6 Å². The Balaban J connectivity index is 1.69. The highest BCUT2D eigenvalue weighted by molar-refractivity contribution is 5.77. The fourth-order valence-corrected chi connectivity index (χ4v) is 3.13. The fourth-order valence-electron chi connectivity index (χ4n) is 3.13. The number of aromatic nitrogens is 1. The topological polar surface area (TPSA) is 75.4 Å². The Hall–Kier alpha value is -2.92. The molecule has 28 heavy (non-hydrogen) atoms. The molecule has 0 radical (unpaired) electrons. The van der Waals surface area contributed by atoms with Crippen molar-refractivity contribution in [1.82, 2.24) is 10.5 Å². The Kier molecular flexibility index (Phi) is 6.98. The smallest absolute Gasteiger partial charge is 0.243 e. The van der Waals surface area contributed by atoms with Crippen molar-refractivity contribution in [3.05, 3.63) is 66.1 Å². The highest BCUT2D eigenvalue weighted by atomic mass is 16.5. The Labute approximate surface area is 165 Å². The molecule has 0 aliphatic rings. The maximum atomic E-state index is 11.0. The number of rotatable bonds is 9. The number of nitrogens with one attached hydrogen (secondary N) is 1. The third-order valence-corrected chi connectivity index (χ3v) is 4.70. The molecule has 1 aromatic heterocycles. The van der Waals surface area contributed by atoms with E-state index >= 15 is 0 Å². The van der Waals surface area contributed by atoms with Gasteiger partial charge in [-0.25, -0.2) is 10.5 Å². The van der Waals surface area contributed by atoms with Crippen molar-refractivity contribution in [1.29, 1.82) is 0 Å². The van der Waals surface area contributed by atoms with Gasteiger partial charge in [0.1, 0.15) is 5.69 Å². The Morgan fingerprint density at radius 2 is 1.68 bits per heavy atom. The van der Waals surface area contributed by atoms with Crippen LogP contribution >= 0.6 is 0 Å². The first-order valence-electron chi connectivity index (χ1n) is 9.72. The Morgan fingerprint density at radius 1 is 0.964 bits per heavy atom. The fraction of sp³-hybridized carbons (Fsp3) is 0.304. The summed E-state index contributed by atoms with van der Waals surface area (Å²) in [5.41, 5.74) is 5.81. The van der Waals surface area contributed by atoms with Crippen LogP contribution in [0.1, 0.15) is 43.6 Å². The summed E-state index contributed by atoms with van der Waals surface area (Å²) >= 11 is 0. The van der Waals surface area contributed by atoms with Gasteiger partial charge in [0.15, 0.2) is 11.7 Å². The highest BCUT2D eigenvalue weighted by Crippen LogP contribution is 2.33. The number of carbonyl (C=O) groups is 1. The summed E-state index contributed by atoms with van der Waals surface area (Å²) in [5.74, 6) is 1.21. The summed E-state index contributed by atoms with van der Waals surface area (Å²) in [4.78, 5) is 15.8. The van der Waals surface area contributed by atoms with Crippen LogP contribution in [-0.2, 0) is 11.2 Å². The molecule has 3 aromatic rings. The number of benzene rings is 2. The maximum absolute atomic E-state index is 11.0. The molecule has 0 unspecified atom stereocenters. The molecule has 146 valence electrons. The second-order valence-corrected chi connectivity index (χ2v) is 6.97. The SMILES string of the molecule is Cc1ccc(-c2oc(CCCCCCC(=O)NO)nc2-c2ccccc2)cc1. The minimum atomic E-state index is -0.331. The lowest BCUT2D eigenvalue weighted by Crippen LogP contribution is -2.17. The van der Waals surface area contributed by atoms with Gasteiger partial charge in [0.05, 0.1) is 0 Å². The number of aryl methyl sites for hydroxylation is 2. The van der Waals surface area contributed by atoms with Crippen LogP contribution in [0.25, 0.3) is 22.6 Å². The predicted octanol–water partition coefficient (Wildman–Crippen LogP) is 5.32. The van der Waals surface area contributed by atoms with E-state index < -0.39 is 0 Å². The zero-order chi connectivity index (χ0) is 19.8. The second kappa shape index (κ2) is 9.85. The maximum Gasteiger partial charge on any atom is 0.243 e. The van der Waals surface area contributed by atoms with Crippen LogP contribution in [-0.4, -0.2) is 16.1 Å². The minimum Gasteiger partial charge on any atom is -0.440 e. The molecule has 1 amide bonds. The summed E-state index contributed by atoms with van der Waals surface area (Å²) in [5, 5.41) is 8.50. The average Bonchev–Trinajstić information content (AvgIpc) is 3.15. The molecule has 0 aliphatic heterocycles. The summed E-state index contributed by atoms with van der Waals surface area (Å²) in [6.07, 6.45) is 4.75. The molecule has 0 atom stereocenters. The van der Waals surface area contributed by atoms with Crippen molar-refractivity contribution in [2.24, 2.45) is 0 Å². The largest absolute Gasteiger partial charge is 0.440 e. The quantitative estimate of drug-likeness (QED) is 0.300. The summed E-state index contributed by atoms with van der Waals surface area (Å²) < 4.78 is 6.15. The van der Waals surface area contributed by atoms with E-state index in [2.05, 4.69) is 31.2 Å². The van der Waals surface area contributed by atoms with Crippen LogP contribution in [0.5, 0.6) is 0 Å². The molecule has 0 saturated carbocycles. The molecule has 0 fully saturated rings. The van der Waals surface area contributed by atoms with E-state index in [9.17, 15) is 4.79 Å². The highest BCUT2D eigenvalue weighted by Gasteiger charge is 2.16. The van der Waals surface area contributed by atoms with E-state index in [-0.39, 0.29) is 5.91 Å². The lowest BCUT2D eigenvalue weighted by Gasteiger charge is -2.02. The van der Waals surface area contributed by atoms with Gasteiger partial charge in [-0.3, -0.25) is 10.0 Å². The van der Waals surface area contributed by atoms with Gasteiger partial charge >= 0.3 is 0 Å².